The molecule has 0 aromatic heterocycles. The zero-order valence-corrected chi connectivity index (χ0v) is 10.9. The van der Waals surface area contributed by atoms with Crippen molar-refractivity contribution in [2.24, 2.45) is 0 Å². The molecule has 0 aromatic rings. The first-order chi connectivity index (χ1) is 5.71. The van der Waals surface area contributed by atoms with E-state index in [0.29, 0.717) is 0 Å². The van der Waals surface area contributed by atoms with Crippen molar-refractivity contribution in [3.8, 4) is 0 Å². The molecule has 0 amide bonds. The van der Waals surface area contributed by atoms with Crippen LogP contribution in [-0.4, -0.2) is 27.5 Å². The zero-order chi connectivity index (χ0) is 10.3. The molecule has 0 aromatic carbocycles. The van der Waals surface area contributed by atoms with Crippen molar-refractivity contribution in [3.05, 3.63) is 12.4 Å². The first-order valence-corrected chi connectivity index (χ1v) is 4.93. The zero-order valence-electron chi connectivity index (χ0n) is 10.1. The lowest BCUT2D eigenvalue weighted by molar-refractivity contribution is -0.00000574. The summed E-state index contributed by atoms with van der Waals surface area (Å²) in [5.41, 5.74) is 0.465. The Morgan fingerprint density at radius 1 is 0.786 bits per heavy atom. The maximum atomic E-state index is 2.36. The highest BCUT2D eigenvalue weighted by Gasteiger charge is 2.28. The second-order valence-electron chi connectivity index (χ2n) is 5.72. The van der Waals surface area contributed by atoms with E-state index < -0.39 is 0 Å². The molecule has 0 atom stereocenters. The molecule has 0 aliphatic carbocycles. The summed E-state index contributed by atoms with van der Waals surface area (Å²) in [6, 6.07) is 0. The van der Waals surface area contributed by atoms with E-state index in [1.807, 2.05) is 0 Å². The van der Waals surface area contributed by atoms with Crippen LogP contribution in [0.3, 0.4) is 0 Å². The number of nitrogens with zero attached hydrogens (tertiary/aromatic N) is 2. The fraction of sp³-hybridized carbons (Fsp3) is 0.818. The summed E-state index contributed by atoms with van der Waals surface area (Å²) in [7, 11) is 0. The van der Waals surface area contributed by atoms with E-state index in [1.54, 1.807) is 0 Å². The quantitative estimate of drug-likeness (QED) is 0.547. The van der Waals surface area contributed by atoms with Crippen LogP contribution >= 0.6 is 0 Å². The third-order valence-electron chi connectivity index (χ3n) is 2.45. The molecule has 0 N–H and O–H groups in total. The van der Waals surface area contributed by atoms with Crippen molar-refractivity contribution in [2.75, 3.05) is 6.67 Å². The second kappa shape index (κ2) is 4.01. The van der Waals surface area contributed by atoms with Crippen LogP contribution in [0.15, 0.2) is 12.4 Å². The molecule has 84 valence electrons. The molecule has 1 rings (SSSR count). The van der Waals surface area contributed by atoms with Gasteiger partial charge in [0.25, 0.3) is 0 Å². The highest BCUT2D eigenvalue weighted by Crippen LogP contribution is 2.24. The summed E-state index contributed by atoms with van der Waals surface area (Å²) in [5, 5.41) is 0. The number of hydrogen-bond acceptors (Lipinski definition) is 2. The molecule has 0 saturated heterocycles. The van der Waals surface area contributed by atoms with E-state index in [4.69, 9.17) is 0 Å². The SMILES string of the molecule is CC(C)(C)N1C=CN(C(C)(C)C)C1.[Cl-]. The Hall–Kier alpha value is -0.370. The van der Waals surface area contributed by atoms with Crippen LogP contribution in [0.2, 0.25) is 0 Å². The Morgan fingerprint density at radius 2 is 1.07 bits per heavy atom. The predicted octanol–water partition coefficient (Wildman–Crippen LogP) is -0.366. The van der Waals surface area contributed by atoms with Crippen LogP contribution in [0.1, 0.15) is 41.5 Å². The fourth-order valence-electron chi connectivity index (χ4n) is 1.29. The number of rotatable bonds is 0. The van der Waals surface area contributed by atoms with Gasteiger partial charge in [-0.15, -0.1) is 0 Å². The van der Waals surface area contributed by atoms with Gasteiger partial charge >= 0.3 is 0 Å². The summed E-state index contributed by atoms with van der Waals surface area (Å²) in [4.78, 5) is 4.72. The Labute approximate surface area is 94.4 Å². The minimum atomic E-state index is 0. The van der Waals surface area contributed by atoms with Gasteiger partial charge < -0.3 is 22.2 Å². The molecule has 1 aliphatic heterocycles. The molecular weight excluding hydrogens is 196 g/mol. The highest BCUT2D eigenvalue weighted by molar-refractivity contribution is 5.00. The van der Waals surface area contributed by atoms with E-state index in [1.165, 1.54) is 0 Å². The maximum Gasteiger partial charge on any atom is 0.0903 e. The lowest BCUT2D eigenvalue weighted by Gasteiger charge is -2.38. The average Bonchev–Trinajstić information content (AvgIpc) is 2.28. The van der Waals surface area contributed by atoms with Crippen molar-refractivity contribution < 1.29 is 12.4 Å². The van der Waals surface area contributed by atoms with Gasteiger partial charge in [-0.1, -0.05) is 0 Å². The van der Waals surface area contributed by atoms with Crippen LogP contribution in [-0.2, 0) is 0 Å². The Kier molecular flexibility index (Phi) is 3.91. The molecule has 0 spiro atoms. The number of halogens is 1. The molecule has 14 heavy (non-hydrogen) atoms. The van der Waals surface area contributed by atoms with E-state index in [2.05, 4.69) is 63.7 Å². The first kappa shape index (κ1) is 13.6. The number of hydrogen-bond donors (Lipinski definition) is 0. The van der Waals surface area contributed by atoms with Gasteiger partial charge in [0.15, 0.2) is 0 Å². The van der Waals surface area contributed by atoms with Crippen LogP contribution in [0.4, 0.5) is 0 Å². The molecular formula is C11H22ClN2-. The molecule has 0 bridgehead atoms. The van der Waals surface area contributed by atoms with Crippen LogP contribution in [0.25, 0.3) is 0 Å². The van der Waals surface area contributed by atoms with Crippen LogP contribution < -0.4 is 12.4 Å². The standard InChI is InChI=1S/C11H22N2.ClH/c1-10(2,3)12-7-8-13(9-12)11(4,5)6;/h7-8H,9H2,1-6H3;1H/p-1. The molecule has 0 fully saturated rings. The second-order valence-corrected chi connectivity index (χ2v) is 5.72. The average molecular weight is 218 g/mol. The largest absolute Gasteiger partial charge is 1.00 e. The molecule has 0 saturated carbocycles. The van der Waals surface area contributed by atoms with Gasteiger partial charge in [-0.3, -0.25) is 0 Å². The first-order valence-electron chi connectivity index (χ1n) is 4.93. The summed E-state index contributed by atoms with van der Waals surface area (Å²) in [6.07, 6.45) is 4.37. The molecule has 2 nitrogen and oxygen atoms in total. The highest BCUT2D eigenvalue weighted by atomic mass is 35.5. The lowest BCUT2D eigenvalue weighted by atomic mass is 10.1. The predicted molar refractivity (Wildman–Crippen MR) is 57.2 cm³/mol. The monoisotopic (exact) mass is 217 g/mol. The van der Waals surface area contributed by atoms with E-state index in [-0.39, 0.29) is 23.5 Å². The van der Waals surface area contributed by atoms with Crippen LogP contribution in [0, 0.1) is 0 Å². The minimum Gasteiger partial charge on any atom is -1.00 e. The van der Waals surface area contributed by atoms with Crippen LogP contribution in [0.5, 0.6) is 0 Å². The summed E-state index contributed by atoms with van der Waals surface area (Å²) in [6.45, 7) is 14.4. The van der Waals surface area contributed by atoms with E-state index in [9.17, 15) is 0 Å². The lowest BCUT2D eigenvalue weighted by Crippen LogP contribution is -3.00. The summed E-state index contributed by atoms with van der Waals surface area (Å²) < 4.78 is 0. The van der Waals surface area contributed by atoms with Crippen molar-refractivity contribution in [3.63, 3.8) is 0 Å². The topological polar surface area (TPSA) is 6.48 Å². The van der Waals surface area contributed by atoms with Crippen molar-refractivity contribution in [1.82, 2.24) is 9.80 Å². The molecule has 1 heterocycles. The van der Waals surface area contributed by atoms with E-state index in [0.717, 1.165) is 6.67 Å². The fourth-order valence-corrected chi connectivity index (χ4v) is 1.29. The molecule has 0 radical (unpaired) electrons. The Morgan fingerprint density at radius 3 is 1.21 bits per heavy atom. The van der Waals surface area contributed by atoms with Gasteiger partial charge in [-0.25, -0.2) is 0 Å². The molecule has 0 unspecified atom stereocenters. The Bertz CT molecular complexity index is 188. The molecule has 3 heteroatoms. The normalized spacial score (nSPS) is 17.3. The van der Waals surface area contributed by atoms with Gasteiger partial charge in [0.1, 0.15) is 0 Å². The van der Waals surface area contributed by atoms with Gasteiger partial charge in [0, 0.05) is 23.5 Å². The Balaban J connectivity index is 0.00000169. The molecule has 1 aliphatic rings. The third-order valence-corrected chi connectivity index (χ3v) is 2.45. The maximum absolute atomic E-state index is 2.36. The van der Waals surface area contributed by atoms with Gasteiger partial charge in [-0.05, 0) is 41.5 Å². The minimum absolute atomic E-state index is 0. The smallest absolute Gasteiger partial charge is 0.0903 e. The van der Waals surface area contributed by atoms with E-state index >= 15 is 0 Å². The summed E-state index contributed by atoms with van der Waals surface area (Å²) >= 11 is 0. The van der Waals surface area contributed by atoms with Gasteiger partial charge in [-0.2, -0.15) is 0 Å². The summed E-state index contributed by atoms with van der Waals surface area (Å²) in [5.74, 6) is 0. The van der Waals surface area contributed by atoms with Gasteiger partial charge in [0.05, 0.1) is 6.67 Å². The van der Waals surface area contributed by atoms with Crippen molar-refractivity contribution in [1.29, 1.82) is 0 Å². The third kappa shape index (κ3) is 3.09. The van der Waals surface area contributed by atoms with Crippen molar-refractivity contribution in [2.45, 2.75) is 52.6 Å². The van der Waals surface area contributed by atoms with Gasteiger partial charge in [0.2, 0.25) is 0 Å². The van der Waals surface area contributed by atoms with Crippen molar-refractivity contribution >= 4 is 0 Å².